The first-order valence-corrected chi connectivity index (χ1v) is 7.83. The second-order valence-corrected chi connectivity index (χ2v) is 6.19. The van der Waals surface area contributed by atoms with Gasteiger partial charge in [0.15, 0.2) is 0 Å². The third-order valence-corrected chi connectivity index (χ3v) is 3.59. The molecule has 0 heterocycles. The Balaban J connectivity index is 2.09. The molecule has 0 aliphatic heterocycles. The minimum Gasteiger partial charge on any atom is -0.268 e. The first kappa shape index (κ1) is 12.2. The van der Waals surface area contributed by atoms with E-state index in [1.54, 1.807) is 0 Å². The van der Waals surface area contributed by atoms with Crippen LogP contribution in [-0.2, 0) is 20.8 Å². The lowest BCUT2D eigenvalue weighted by Crippen LogP contribution is -2.02. The average molecular weight is 275 g/mol. The second kappa shape index (κ2) is 4.35. The first-order valence-electron chi connectivity index (χ1n) is 6.01. The molecule has 0 saturated heterocycles. The van der Waals surface area contributed by atoms with Gasteiger partial charge in [-0.15, -0.1) is 0 Å². The van der Waals surface area contributed by atoms with Crippen LogP contribution in [0.25, 0.3) is 10.8 Å². The van der Waals surface area contributed by atoms with E-state index in [9.17, 15) is 8.42 Å². The fourth-order valence-electron chi connectivity index (χ4n) is 2.46. The summed E-state index contributed by atoms with van der Waals surface area (Å²) in [5, 5.41) is 6.16. The van der Waals surface area contributed by atoms with Crippen LogP contribution in [0.2, 0.25) is 0 Å². The molecule has 0 fully saturated rings. The molecule has 0 unspecified atom stereocenters. The van der Waals surface area contributed by atoms with Crippen molar-refractivity contribution in [1.82, 2.24) is 0 Å². The Morgan fingerprint density at radius 1 is 1.11 bits per heavy atom. The van der Waals surface area contributed by atoms with Crippen LogP contribution in [0.15, 0.2) is 41.6 Å². The van der Waals surface area contributed by atoms with E-state index in [1.807, 2.05) is 24.3 Å². The van der Waals surface area contributed by atoms with E-state index in [4.69, 9.17) is 0 Å². The summed E-state index contributed by atoms with van der Waals surface area (Å²) in [5.74, 6) is 0. The van der Waals surface area contributed by atoms with Crippen LogP contribution in [0.5, 0.6) is 0 Å². The third kappa shape index (κ3) is 2.33. The van der Waals surface area contributed by atoms with Gasteiger partial charge < -0.3 is 0 Å². The average Bonchev–Trinajstić information content (AvgIpc) is 2.79. The van der Waals surface area contributed by atoms with Crippen molar-refractivity contribution < 1.29 is 12.7 Å². The van der Waals surface area contributed by atoms with E-state index in [1.165, 1.54) is 16.3 Å². The second-order valence-electron chi connectivity index (χ2n) is 4.63. The van der Waals surface area contributed by atoms with E-state index in [0.29, 0.717) is 12.1 Å². The van der Waals surface area contributed by atoms with Gasteiger partial charge in [0, 0.05) is 5.56 Å². The molecule has 2 aromatic rings. The molecule has 0 spiro atoms. The van der Waals surface area contributed by atoms with E-state index < -0.39 is 10.1 Å². The zero-order chi connectivity index (χ0) is 13.5. The van der Waals surface area contributed by atoms with Crippen LogP contribution in [-0.4, -0.2) is 20.4 Å². The SMILES string of the molecule is CS(=O)(=O)O/N=C1\CCc2c1ccc1ccccc21. The van der Waals surface area contributed by atoms with Crippen molar-refractivity contribution in [1.29, 1.82) is 0 Å². The number of benzene rings is 2. The van der Waals surface area contributed by atoms with Gasteiger partial charge in [-0.25, -0.2) is 0 Å². The van der Waals surface area contributed by atoms with Gasteiger partial charge >= 0.3 is 10.1 Å². The monoisotopic (exact) mass is 275 g/mol. The summed E-state index contributed by atoms with van der Waals surface area (Å²) >= 11 is 0. The molecule has 0 N–H and O–H groups in total. The summed E-state index contributed by atoms with van der Waals surface area (Å²) in [6.45, 7) is 0. The number of nitrogens with zero attached hydrogens (tertiary/aromatic N) is 1. The number of fused-ring (bicyclic) bond motifs is 3. The van der Waals surface area contributed by atoms with E-state index >= 15 is 0 Å². The van der Waals surface area contributed by atoms with Crippen LogP contribution < -0.4 is 0 Å². The van der Waals surface area contributed by atoms with Crippen molar-refractivity contribution in [3.8, 4) is 0 Å². The molecule has 0 aromatic heterocycles. The van der Waals surface area contributed by atoms with Gasteiger partial charge in [0.05, 0.1) is 12.0 Å². The van der Waals surface area contributed by atoms with Crippen molar-refractivity contribution in [2.75, 3.05) is 6.26 Å². The maximum absolute atomic E-state index is 11.0. The Bertz CT molecular complexity index is 778. The number of hydrogen-bond donors (Lipinski definition) is 0. The first-order chi connectivity index (χ1) is 9.04. The van der Waals surface area contributed by atoms with Crippen LogP contribution in [0.3, 0.4) is 0 Å². The number of aryl methyl sites for hydroxylation is 1. The highest BCUT2D eigenvalue weighted by Crippen LogP contribution is 2.30. The van der Waals surface area contributed by atoms with Gasteiger partial charge in [0.25, 0.3) is 0 Å². The fraction of sp³-hybridized carbons (Fsp3) is 0.214. The highest BCUT2D eigenvalue weighted by molar-refractivity contribution is 7.85. The quantitative estimate of drug-likeness (QED) is 0.791. The highest BCUT2D eigenvalue weighted by atomic mass is 32.2. The summed E-state index contributed by atoms with van der Waals surface area (Å²) in [4.78, 5) is 0. The van der Waals surface area contributed by atoms with Crippen molar-refractivity contribution in [3.63, 3.8) is 0 Å². The molecule has 0 bridgehead atoms. The number of oxime groups is 1. The lowest BCUT2D eigenvalue weighted by molar-refractivity contribution is 0.342. The zero-order valence-electron chi connectivity index (χ0n) is 10.5. The van der Waals surface area contributed by atoms with Gasteiger partial charge in [0.1, 0.15) is 0 Å². The van der Waals surface area contributed by atoms with Crippen LogP contribution in [0.1, 0.15) is 17.5 Å². The summed E-state index contributed by atoms with van der Waals surface area (Å²) in [6, 6.07) is 12.2. The molecule has 98 valence electrons. The van der Waals surface area contributed by atoms with E-state index in [-0.39, 0.29) is 0 Å². The topological polar surface area (TPSA) is 55.7 Å². The predicted octanol–water partition coefficient (Wildman–Crippen LogP) is 2.47. The molecule has 0 atom stereocenters. The van der Waals surface area contributed by atoms with Gasteiger partial charge in [-0.1, -0.05) is 41.6 Å². The van der Waals surface area contributed by atoms with Crippen molar-refractivity contribution in [2.24, 2.45) is 5.16 Å². The van der Waals surface area contributed by atoms with Crippen molar-refractivity contribution in [3.05, 3.63) is 47.5 Å². The lowest BCUT2D eigenvalue weighted by atomic mass is 10.0. The highest BCUT2D eigenvalue weighted by Gasteiger charge is 2.21. The van der Waals surface area contributed by atoms with E-state index in [2.05, 4.69) is 21.6 Å². The minimum absolute atomic E-state index is 0.700. The van der Waals surface area contributed by atoms with Crippen molar-refractivity contribution in [2.45, 2.75) is 12.8 Å². The molecular formula is C14H13NO3S. The predicted molar refractivity (Wildman–Crippen MR) is 74.7 cm³/mol. The van der Waals surface area contributed by atoms with Crippen LogP contribution >= 0.6 is 0 Å². The van der Waals surface area contributed by atoms with Gasteiger partial charge in [-0.2, -0.15) is 8.42 Å². The maximum Gasteiger partial charge on any atom is 0.325 e. The number of rotatable bonds is 2. The molecule has 3 rings (SSSR count). The largest absolute Gasteiger partial charge is 0.325 e. The summed E-state index contributed by atoms with van der Waals surface area (Å²) in [5.41, 5.74) is 2.91. The van der Waals surface area contributed by atoms with E-state index in [0.717, 1.165) is 18.2 Å². The van der Waals surface area contributed by atoms with Gasteiger partial charge in [-0.05, 0) is 29.2 Å². The molecule has 1 aliphatic rings. The summed E-state index contributed by atoms with van der Waals surface area (Å²) in [7, 11) is -3.54. The molecule has 19 heavy (non-hydrogen) atoms. The molecule has 4 nitrogen and oxygen atoms in total. The molecule has 0 saturated carbocycles. The van der Waals surface area contributed by atoms with Crippen LogP contribution in [0.4, 0.5) is 0 Å². The smallest absolute Gasteiger partial charge is 0.268 e. The molecule has 2 aromatic carbocycles. The normalized spacial score (nSPS) is 16.8. The summed E-state index contributed by atoms with van der Waals surface area (Å²) in [6.07, 6.45) is 2.56. The van der Waals surface area contributed by atoms with Gasteiger partial charge in [-0.3, -0.25) is 4.28 Å². The molecule has 0 amide bonds. The van der Waals surface area contributed by atoms with Crippen molar-refractivity contribution >= 4 is 26.6 Å². The molecular weight excluding hydrogens is 262 g/mol. The molecule has 0 radical (unpaired) electrons. The Morgan fingerprint density at radius 2 is 1.89 bits per heavy atom. The maximum atomic E-state index is 11.0. The Kier molecular flexibility index (Phi) is 2.78. The Hall–Kier alpha value is -1.88. The zero-order valence-corrected chi connectivity index (χ0v) is 11.3. The summed E-state index contributed by atoms with van der Waals surface area (Å²) < 4.78 is 26.5. The minimum atomic E-state index is -3.54. The van der Waals surface area contributed by atoms with Gasteiger partial charge in [0.2, 0.25) is 0 Å². The fourth-order valence-corrected chi connectivity index (χ4v) is 2.69. The molecule has 1 aliphatic carbocycles. The standard InChI is InChI=1S/C14H13NO3S/c1-19(16,17)18-15-14-9-8-12-11-5-3-2-4-10(11)6-7-13(12)14/h2-7H,8-9H2,1H3/b15-14+. The lowest BCUT2D eigenvalue weighted by Gasteiger charge is -2.04. The van der Waals surface area contributed by atoms with Crippen LogP contribution in [0, 0.1) is 0 Å². The number of hydrogen-bond acceptors (Lipinski definition) is 4. The Morgan fingerprint density at radius 3 is 2.68 bits per heavy atom. The molecule has 5 heteroatoms. The Labute approximate surface area is 111 Å². The third-order valence-electron chi connectivity index (χ3n) is 3.25.